The van der Waals surface area contributed by atoms with Crippen LogP contribution in [0.15, 0.2) is 48.5 Å². The lowest BCUT2D eigenvalue weighted by Crippen LogP contribution is -2.45. The number of rotatable bonds is 9. The number of nitrogens with one attached hydrogen (secondary N) is 1. The number of hydrogen-bond donors (Lipinski definition) is 2. The molecule has 0 aromatic heterocycles. The van der Waals surface area contributed by atoms with Crippen molar-refractivity contribution in [3.63, 3.8) is 0 Å². The third-order valence-electron chi connectivity index (χ3n) is 7.41. The lowest BCUT2D eigenvalue weighted by atomic mass is 9.88. The van der Waals surface area contributed by atoms with Gasteiger partial charge in [0.05, 0.1) is 5.75 Å². The van der Waals surface area contributed by atoms with Crippen LogP contribution in [0.4, 0.5) is 5.69 Å². The lowest BCUT2D eigenvalue weighted by Gasteiger charge is -2.32. The number of nitrogens with zero attached hydrogens (tertiary/aromatic N) is 1. The van der Waals surface area contributed by atoms with Crippen LogP contribution in [-0.2, 0) is 14.8 Å². The number of anilines is 1. The highest BCUT2D eigenvalue weighted by Crippen LogP contribution is 2.38. The zero-order valence-corrected chi connectivity index (χ0v) is 20.6. The Morgan fingerprint density at radius 3 is 2.29 bits per heavy atom. The molecule has 1 saturated heterocycles. The van der Waals surface area contributed by atoms with Gasteiger partial charge in [0.1, 0.15) is 5.60 Å². The molecule has 35 heavy (non-hydrogen) atoms. The third kappa shape index (κ3) is 5.76. The summed E-state index contributed by atoms with van der Waals surface area (Å²) in [5.41, 5.74) is 1.79. The van der Waals surface area contributed by atoms with Gasteiger partial charge in [0.25, 0.3) is 5.91 Å². The Labute approximate surface area is 206 Å². The minimum absolute atomic E-state index is 0.0750. The molecule has 3 fully saturated rings. The molecule has 2 saturated carbocycles. The van der Waals surface area contributed by atoms with Crippen molar-refractivity contribution in [2.45, 2.75) is 50.5 Å². The molecule has 2 aromatic carbocycles. The van der Waals surface area contributed by atoms with Crippen molar-refractivity contribution in [1.82, 2.24) is 4.90 Å². The second-order valence-corrected chi connectivity index (χ2v) is 12.1. The number of benzene rings is 2. The Hall–Kier alpha value is -2.71. The fourth-order valence-electron chi connectivity index (χ4n) is 4.76. The number of carbonyl (C=O) groups excluding carboxylic acids is 2. The molecule has 2 aliphatic carbocycles. The summed E-state index contributed by atoms with van der Waals surface area (Å²) in [4.78, 5) is 27.0. The van der Waals surface area contributed by atoms with Crippen molar-refractivity contribution in [3.8, 4) is 11.1 Å². The maximum Gasteiger partial charge on any atom is 0.254 e. The molecule has 5 rings (SSSR count). The highest BCUT2D eigenvalue weighted by molar-refractivity contribution is 7.92. The van der Waals surface area contributed by atoms with Crippen LogP contribution in [0.1, 0.15) is 55.3 Å². The molecule has 3 aliphatic rings. The van der Waals surface area contributed by atoms with Crippen molar-refractivity contribution in [2.75, 3.05) is 23.6 Å². The number of Topliss-reactive ketones (excluding diaryl/α,β-unsaturated/α-hetero) is 1. The van der Waals surface area contributed by atoms with Crippen molar-refractivity contribution in [1.29, 1.82) is 0 Å². The molecule has 0 radical (unpaired) electrons. The summed E-state index contributed by atoms with van der Waals surface area (Å²) >= 11 is 0. The standard InChI is InChI=1S/C27H32N2O5S/c30-25(22-10-15-29(16-11-22)26(31)27(32)13-14-27)21-8-6-20(7-9-21)23-2-1-3-24(18-23)28-35(33,34)17-12-19-4-5-19/h1-3,6-9,18-19,22,28,32H,4-5,10-17H2. The number of ketones is 1. The average Bonchev–Trinajstić information content (AvgIpc) is 3.80. The largest absolute Gasteiger partial charge is 0.380 e. The Morgan fingerprint density at radius 2 is 1.66 bits per heavy atom. The topological polar surface area (TPSA) is 104 Å². The number of aliphatic hydroxyl groups is 1. The zero-order chi connectivity index (χ0) is 24.6. The number of hydrogen-bond acceptors (Lipinski definition) is 5. The minimum Gasteiger partial charge on any atom is -0.380 e. The molecular formula is C27H32N2O5S. The van der Waals surface area contributed by atoms with Crippen LogP contribution in [0.3, 0.4) is 0 Å². The lowest BCUT2D eigenvalue weighted by molar-refractivity contribution is -0.143. The van der Waals surface area contributed by atoms with E-state index >= 15 is 0 Å². The highest BCUT2D eigenvalue weighted by Gasteiger charge is 2.50. The Kier molecular flexibility index (Phi) is 6.44. The monoisotopic (exact) mass is 496 g/mol. The van der Waals surface area contributed by atoms with Crippen LogP contribution < -0.4 is 4.72 Å². The van der Waals surface area contributed by atoms with Crippen LogP contribution in [0.5, 0.6) is 0 Å². The zero-order valence-electron chi connectivity index (χ0n) is 19.8. The predicted molar refractivity (Wildman–Crippen MR) is 134 cm³/mol. The molecule has 1 heterocycles. The van der Waals surface area contributed by atoms with Crippen LogP contribution >= 0.6 is 0 Å². The summed E-state index contributed by atoms with van der Waals surface area (Å²) in [6.45, 7) is 0.998. The van der Waals surface area contributed by atoms with Crippen molar-refractivity contribution >= 4 is 27.4 Å². The van der Waals surface area contributed by atoms with E-state index in [9.17, 15) is 23.1 Å². The number of piperidine rings is 1. The second-order valence-electron chi connectivity index (χ2n) is 10.3. The SMILES string of the molecule is O=C(c1ccc(-c2cccc(NS(=O)(=O)CCC3CC3)c2)cc1)C1CCN(C(=O)C2(O)CC2)CC1. The van der Waals surface area contributed by atoms with E-state index in [4.69, 9.17) is 0 Å². The van der Waals surface area contributed by atoms with Gasteiger partial charge in [0, 0.05) is 30.3 Å². The summed E-state index contributed by atoms with van der Waals surface area (Å²) < 4.78 is 27.4. The summed E-state index contributed by atoms with van der Waals surface area (Å²) in [6, 6.07) is 14.7. The van der Waals surface area contributed by atoms with Crippen LogP contribution in [0.25, 0.3) is 11.1 Å². The van der Waals surface area contributed by atoms with Crippen molar-refractivity contribution in [3.05, 3.63) is 54.1 Å². The Balaban J connectivity index is 1.19. The van der Waals surface area contributed by atoms with E-state index < -0.39 is 15.6 Å². The van der Waals surface area contributed by atoms with Crippen molar-refractivity contribution in [2.24, 2.45) is 11.8 Å². The number of amides is 1. The van der Waals surface area contributed by atoms with Crippen molar-refractivity contribution < 1.29 is 23.1 Å². The van der Waals surface area contributed by atoms with Gasteiger partial charge in [0.2, 0.25) is 10.0 Å². The van der Waals surface area contributed by atoms with Gasteiger partial charge in [-0.2, -0.15) is 0 Å². The van der Waals surface area contributed by atoms with E-state index in [1.807, 2.05) is 42.5 Å². The van der Waals surface area contributed by atoms with Gasteiger partial charge in [-0.1, -0.05) is 49.2 Å². The third-order valence-corrected chi connectivity index (χ3v) is 8.72. The Bertz CT molecular complexity index is 1210. The van der Waals surface area contributed by atoms with Gasteiger partial charge < -0.3 is 10.0 Å². The summed E-state index contributed by atoms with van der Waals surface area (Å²) in [6.07, 6.45) is 5.25. The van der Waals surface area contributed by atoms with E-state index in [0.29, 0.717) is 62.4 Å². The molecule has 0 unspecified atom stereocenters. The molecular weight excluding hydrogens is 464 g/mol. The summed E-state index contributed by atoms with van der Waals surface area (Å²) in [7, 11) is -3.37. The average molecular weight is 497 g/mol. The van der Waals surface area contributed by atoms with Gasteiger partial charge in [-0.25, -0.2) is 8.42 Å². The molecule has 8 heteroatoms. The van der Waals surface area contributed by atoms with Crippen LogP contribution in [0, 0.1) is 11.8 Å². The molecule has 0 atom stereocenters. The van der Waals surface area contributed by atoms with E-state index in [1.165, 1.54) is 0 Å². The number of likely N-dealkylation sites (tertiary alicyclic amines) is 1. The molecule has 1 aliphatic heterocycles. The molecule has 2 aromatic rings. The maximum atomic E-state index is 13.0. The number of sulfonamides is 1. The van der Waals surface area contributed by atoms with Crippen LogP contribution in [-0.4, -0.2) is 54.6 Å². The second kappa shape index (κ2) is 9.39. The van der Waals surface area contributed by atoms with E-state index in [1.54, 1.807) is 11.0 Å². The van der Waals surface area contributed by atoms with Gasteiger partial charge >= 0.3 is 0 Å². The molecule has 0 bridgehead atoms. The van der Waals surface area contributed by atoms with E-state index in [0.717, 1.165) is 24.0 Å². The molecule has 186 valence electrons. The quantitative estimate of drug-likeness (QED) is 0.514. The van der Waals surface area contributed by atoms with Gasteiger partial charge in [-0.05, 0) is 61.3 Å². The normalized spacial score (nSPS) is 19.9. The van der Waals surface area contributed by atoms with Gasteiger partial charge in [-0.3, -0.25) is 14.3 Å². The fraction of sp³-hybridized carbons (Fsp3) is 0.481. The summed E-state index contributed by atoms with van der Waals surface area (Å²) in [5, 5.41) is 10.0. The van der Waals surface area contributed by atoms with Gasteiger partial charge in [-0.15, -0.1) is 0 Å². The number of carbonyl (C=O) groups is 2. The first-order valence-corrected chi connectivity index (χ1v) is 14.1. The molecule has 7 nitrogen and oxygen atoms in total. The van der Waals surface area contributed by atoms with E-state index in [-0.39, 0.29) is 23.4 Å². The first kappa shape index (κ1) is 24.0. The molecule has 0 spiro atoms. The Morgan fingerprint density at radius 1 is 0.971 bits per heavy atom. The minimum atomic E-state index is -3.37. The molecule has 1 amide bonds. The first-order valence-electron chi connectivity index (χ1n) is 12.5. The van der Waals surface area contributed by atoms with Crippen LogP contribution in [0.2, 0.25) is 0 Å². The summed E-state index contributed by atoms with van der Waals surface area (Å²) in [5.74, 6) is 0.454. The van der Waals surface area contributed by atoms with Gasteiger partial charge in [0.15, 0.2) is 5.78 Å². The maximum absolute atomic E-state index is 13.0. The highest BCUT2D eigenvalue weighted by atomic mass is 32.2. The fourth-order valence-corrected chi connectivity index (χ4v) is 5.99. The predicted octanol–water partition coefficient (Wildman–Crippen LogP) is 3.84. The first-order chi connectivity index (χ1) is 16.7. The van der Waals surface area contributed by atoms with E-state index in [2.05, 4.69) is 4.72 Å². The smallest absolute Gasteiger partial charge is 0.254 e. The molecule has 2 N–H and O–H groups in total.